The third-order valence-electron chi connectivity index (χ3n) is 6.51. The number of hydrogen-bond acceptors (Lipinski definition) is 8. The van der Waals surface area contributed by atoms with E-state index in [0.29, 0.717) is 41.4 Å². The average molecular weight is 574 g/mol. The average Bonchev–Trinajstić information content (AvgIpc) is 3.36. The number of amides is 2. The number of anilines is 2. The molecule has 0 aliphatic rings. The molecule has 0 bridgehead atoms. The van der Waals surface area contributed by atoms with Crippen molar-refractivity contribution in [2.24, 2.45) is 0 Å². The van der Waals surface area contributed by atoms with Crippen molar-refractivity contribution in [1.29, 1.82) is 0 Å². The Kier molecular flexibility index (Phi) is 7.83. The first-order valence-corrected chi connectivity index (χ1v) is 13.1. The Labute approximate surface area is 239 Å². The van der Waals surface area contributed by atoms with E-state index in [9.17, 15) is 9.59 Å². The fourth-order valence-electron chi connectivity index (χ4n) is 4.64. The number of pyridine rings is 1. The molecule has 5 aromatic rings. The number of aromatic nitrogens is 6. The normalized spacial score (nSPS) is 11.8. The van der Waals surface area contributed by atoms with Crippen LogP contribution in [0.15, 0.2) is 67.3 Å². The van der Waals surface area contributed by atoms with Gasteiger partial charge in [-0.15, -0.1) is 0 Å². The molecular formula is C28H25ClFN9O2. The molecule has 0 radical (unpaired) electrons. The number of halogens is 2. The topological polar surface area (TPSA) is 144 Å². The predicted molar refractivity (Wildman–Crippen MR) is 152 cm³/mol. The lowest BCUT2D eigenvalue weighted by Gasteiger charge is -2.29. The van der Waals surface area contributed by atoms with Gasteiger partial charge in [-0.05, 0) is 55.3 Å². The zero-order valence-corrected chi connectivity index (χ0v) is 22.9. The maximum Gasteiger partial charge on any atom is 0.273 e. The van der Waals surface area contributed by atoms with Gasteiger partial charge in [-0.2, -0.15) is 0 Å². The highest BCUT2D eigenvalue weighted by atomic mass is 35.5. The molecule has 0 aliphatic carbocycles. The van der Waals surface area contributed by atoms with E-state index in [1.807, 2.05) is 13.8 Å². The van der Waals surface area contributed by atoms with Crippen molar-refractivity contribution < 1.29 is 14.0 Å². The first-order valence-electron chi connectivity index (χ1n) is 12.8. The third kappa shape index (κ3) is 5.41. The summed E-state index contributed by atoms with van der Waals surface area (Å²) in [6, 6.07) is 10.2. The molecule has 0 spiro atoms. The molecule has 1 aromatic carbocycles. The lowest BCUT2D eigenvalue weighted by atomic mass is 10.1. The van der Waals surface area contributed by atoms with Gasteiger partial charge in [0.25, 0.3) is 11.8 Å². The van der Waals surface area contributed by atoms with Crippen molar-refractivity contribution in [3.8, 4) is 11.3 Å². The lowest BCUT2D eigenvalue weighted by Crippen LogP contribution is -2.36. The molecule has 4 heterocycles. The Bertz CT molecular complexity index is 1750. The van der Waals surface area contributed by atoms with Gasteiger partial charge >= 0.3 is 0 Å². The molecule has 0 saturated carbocycles. The molecule has 0 aliphatic heterocycles. The van der Waals surface area contributed by atoms with E-state index >= 15 is 4.39 Å². The van der Waals surface area contributed by atoms with Gasteiger partial charge in [0, 0.05) is 36.9 Å². The van der Waals surface area contributed by atoms with Crippen LogP contribution in [0, 0.1) is 5.82 Å². The summed E-state index contributed by atoms with van der Waals surface area (Å²) in [7, 11) is 0. The SMILES string of the molecule is CC[C@@H](c1nc(-c2ccc(C(=O)Nc3ccccn3)c(F)c2)c2c(N)nccn12)N(CC)C(=O)c1ccnc(Cl)n1. The molecule has 0 saturated heterocycles. The highest BCUT2D eigenvalue weighted by Gasteiger charge is 2.30. The van der Waals surface area contributed by atoms with Crippen LogP contribution in [0.5, 0.6) is 0 Å². The first-order chi connectivity index (χ1) is 19.8. The van der Waals surface area contributed by atoms with Crippen LogP contribution in [0.3, 0.4) is 0 Å². The fourth-order valence-corrected chi connectivity index (χ4v) is 4.79. The van der Waals surface area contributed by atoms with Crippen LogP contribution in [0.25, 0.3) is 16.8 Å². The minimum Gasteiger partial charge on any atom is -0.382 e. The molecule has 4 aromatic heterocycles. The number of hydrogen-bond donors (Lipinski definition) is 2. The van der Waals surface area contributed by atoms with Crippen molar-refractivity contribution in [3.05, 3.63) is 95.4 Å². The summed E-state index contributed by atoms with van der Waals surface area (Å²) in [5, 5.41) is 2.54. The highest BCUT2D eigenvalue weighted by Crippen LogP contribution is 2.34. The predicted octanol–water partition coefficient (Wildman–Crippen LogP) is 4.82. The summed E-state index contributed by atoms with van der Waals surface area (Å²) in [5.41, 5.74) is 7.45. The molecule has 2 amide bonds. The zero-order chi connectivity index (χ0) is 29.1. The van der Waals surface area contributed by atoms with Crippen molar-refractivity contribution in [2.45, 2.75) is 26.3 Å². The van der Waals surface area contributed by atoms with Gasteiger partial charge in [0.05, 0.1) is 11.6 Å². The van der Waals surface area contributed by atoms with Gasteiger partial charge in [-0.3, -0.25) is 14.0 Å². The Morgan fingerprint density at radius 1 is 1.07 bits per heavy atom. The second-order valence-electron chi connectivity index (χ2n) is 8.94. The van der Waals surface area contributed by atoms with E-state index in [1.54, 1.807) is 39.8 Å². The summed E-state index contributed by atoms with van der Waals surface area (Å²) >= 11 is 5.93. The number of nitrogen functional groups attached to an aromatic ring is 1. The molecule has 5 rings (SSSR count). The fraction of sp³-hybridized carbons (Fsp3) is 0.179. The smallest absolute Gasteiger partial charge is 0.273 e. The van der Waals surface area contributed by atoms with Gasteiger partial charge in [0.2, 0.25) is 5.28 Å². The number of carbonyl (C=O) groups excluding carboxylic acids is 2. The zero-order valence-electron chi connectivity index (χ0n) is 22.1. The molecule has 208 valence electrons. The molecular weight excluding hydrogens is 549 g/mol. The van der Waals surface area contributed by atoms with Gasteiger partial charge in [-0.25, -0.2) is 29.3 Å². The van der Waals surface area contributed by atoms with E-state index in [0.717, 1.165) is 0 Å². The standard InChI is InChI=1S/C28H25ClFN9O2/c1-3-20(38(4-2)27(41)19-10-12-34-28(29)35-19)25-37-22(23-24(31)33-13-14-39(23)25)16-8-9-17(18(30)15-16)26(40)36-21-7-5-6-11-32-21/h5-15,20H,3-4H2,1-2H3,(H2,31,33)(H,32,36,40)/t20-/m0/s1. The summed E-state index contributed by atoms with van der Waals surface area (Å²) in [6.07, 6.45) is 6.65. The molecule has 41 heavy (non-hydrogen) atoms. The van der Waals surface area contributed by atoms with Crippen LogP contribution < -0.4 is 11.1 Å². The number of rotatable bonds is 8. The van der Waals surface area contributed by atoms with E-state index in [4.69, 9.17) is 22.3 Å². The summed E-state index contributed by atoms with van der Waals surface area (Å²) in [5.74, 6) is -0.770. The van der Waals surface area contributed by atoms with E-state index in [-0.39, 0.29) is 28.3 Å². The van der Waals surface area contributed by atoms with Crippen LogP contribution in [0.1, 0.15) is 53.0 Å². The first kappa shape index (κ1) is 27.6. The second kappa shape index (κ2) is 11.6. The van der Waals surface area contributed by atoms with E-state index in [2.05, 4.69) is 25.3 Å². The molecule has 3 N–H and O–H groups in total. The number of nitrogens with one attached hydrogen (secondary N) is 1. The highest BCUT2D eigenvalue weighted by molar-refractivity contribution is 6.28. The monoisotopic (exact) mass is 573 g/mol. The quantitative estimate of drug-likeness (QED) is 0.251. The van der Waals surface area contributed by atoms with Crippen LogP contribution in [0.4, 0.5) is 16.0 Å². The van der Waals surface area contributed by atoms with Crippen molar-refractivity contribution in [3.63, 3.8) is 0 Å². The second-order valence-corrected chi connectivity index (χ2v) is 9.28. The maximum atomic E-state index is 15.3. The van der Waals surface area contributed by atoms with Gasteiger partial charge < -0.3 is 16.0 Å². The Morgan fingerprint density at radius 3 is 2.59 bits per heavy atom. The van der Waals surface area contributed by atoms with E-state index < -0.39 is 17.8 Å². The Hall–Kier alpha value is -4.97. The summed E-state index contributed by atoms with van der Waals surface area (Å²) < 4.78 is 17.0. The number of nitrogens with zero attached hydrogens (tertiary/aromatic N) is 7. The van der Waals surface area contributed by atoms with E-state index in [1.165, 1.54) is 36.8 Å². The molecule has 1 atom stereocenters. The maximum absolute atomic E-state index is 15.3. The Balaban J connectivity index is 1.55. The number of carbonyl (C=O) groups is 2. The number of imidazole rings is 1. The van der Waals surface area contributed by atoms with Crippen molar-refractivity contribution in [2.75, 3.05) is 17.6 Å². The van der Waals surface area contributed by atoms with Crippen LogP contribution in [-0.4, -0.2) is 52.6 Å². The minimum atomic E-state index is -0.751. The molecule has 0 fully saturated rings. The minimum absolute atomic E-state index is 0.0356. The van der Waals surface area contributed by atoms with Crippen LogP contribution in [0.2, 0.25) is 5.28 Å². The van der Waals surface area contributed by atoms with Gasteiger partial charge in [-0.1, -0.05) is 19.1 Å². The van der Waals surface area contributed by atoms with Crippen LogP contribution in [-0.2, 0) is 0 Å². The summed E-state index contributed by atoms with van der Waals surface area (Å²) in [4.78, 5) is 48.8. The molecule has 0 unspecified atom stereocenters. The van der Waals surface area contributed by atoms with Crippen molar-refractivity contribution >= 4 is 40.6 Å². The molecule has 11 nitrogen and oxygen atoms in total. The lowest BCUT2D eigenvalue weighted by molar-refractivity contribution is 0.0667. The van der Waals surface area contributed by atoms with Crippen molar-refractivity contribution in [1.82, 2.24) is 34.2 Å². The number of fused-ring (bicyclic) bond motifs is 1. The number of benzene rings is 1. The largest absolute Gasteiger partial charge is 0.382 e. The van der Waals surface area contributed by atoms with Gasteiger partial charge in [0.1, 0.15) is 40.2 Å². The van der Waals surface area contributed by atoms with Gasteiger partial charge in [0.15, 0.2) is 0 Å². The third-order valence-corrected chi connectivity index (χ3v) is 6.69. The summed E-state index contributed by atoms with van der Waals surface area (Å²) in [6.45, 7) is 4.12. The Morgan fingerprint density at radius 2 is 1.90 bits per heavy atom. The van der Waals surface area contributed by atoms with Crippen LogP contribution >= 0.6 is 11.6 Å². The molecule has 13 heteroatoms. The number of nitrogens with two attached hydrogens (primary N) is 1.